The molecule has 0 amide bonds. The highest BCUT2D eigenvalue weighted by molar-refractivity contribution is 7.97. The lowest BCUT2D eigenvalue weighted by Gasteiger charge is -2.00. The number of nitrogens with two attached hydrogens (primary N) is 1. The molecule has 0 bridgehead atoms. The molecular weight excluding hydrogens is 312 g/mol. The van der Waals surface area contributed by atoms with E-state index in [1.807, 2.05) is 24.3 Å². The predicted molar refractivity (Wildman–Crippen MR) is 91.1 cm³/mol. The average Bonchev–Trinajstić information content (AvgIpc) is 2.58. The third kappa shape index (κ3) is 4.83. The number of methoxy groups -OCH3 is 1. The molecule has 0 unspecified atom stereocenters. The van der Waals surface area contributed by atoms with E-state index in [9.17, 15) is 10.1 Å². The van der Waals surface area contributed by atoms with Gasteiger partial charge in [-0.3, -0.25) is 15.3 Å². The third-order valence-corrected chi connectivity index (χ3v) is 3.72. The van der Waals surface area contributed by atoms with Gasteiger partial charge in [0.05, 0.1) is 11.5 Å². The van der Waals surface area contributed by atoms with E-state index < -0.39 is 4.92 Å². The first-order valence-corrected chi connectivity index (χ1v) is 7.77. The molecule has 0 saturated heterocycles. The highest BCUT2D eigenvalue weighted by atomic mass is 32.2. The van der Waals surface area contributed by atoms with Crippen LogP contribution in [0.3, 0.4) is 0 Å². The van der Waals surface area contributed by atoms with Crippen LogP contribution in [-0.4, -0.2) is 18.6 Å². The first-order valence-electron chi connectivity index (χ1n) is 6.89. The molecule has 23 heavy (non-hydrogen) atoms. The van der Waals surface area contributed by atoms with Gasteiger partial charge < -0.3 is 4.74 Å². The molecule has 2 aromatic carbocycles. The molecule has 2 rings (SSSR count). The standard InChI is InChI=1S/C17H16N2O3S/c1-22-11-10-14-4-2-13(3-5-14)6-7-15-8-9-16(23-18)12-17(15)19(20)21/h2-5,8-9,12H,10-11,18H2,1H3. The van der Waals surface area contributed by atoms with Gasteiger partial charge in [-0.25, -0.2) is 0 Å². The van der Waals surface area contributed by atoms with Crippen LogP contribution in [0.15, 0.2) is 47.4 Å². The minimum Gasteiger partial charge on any atom is -0.384 e. The van der Waals surface area contributed by atoms with Gasteiger partial charge in [0.2, 0.25) is 0 Å². The summed E-state index contributed by atoms with van der Waals surface area (Å²) in [6.45, 7) is 0.669. The fraction of sp³-hybridized carbons (Fsp3) is 0.176. The van der Waals surface area contributed by atoms with Crippen LogP contribution in [0.5, 0.6) is 0 Å². The van der Waals surface area contributed by atoms with Gasteiger partial charge in [-0.2, -0.15) is 0 Å². The van der Waals surface area contributed by atoms with Crippen LogP contribution < -0.4 is 5.14 Å². The predicted octanol–water partition coefficient (Wildman–Crippen LogP) is 3.15. The van der Waals surface area contributed by atoms with E-state index in [1.165, 1.54) is 6.07 Å². The summed E-state index contributed by atoms with van der Waals surface area (Å²) >= 11 is 0.969. The largest absolute Gasteiger partial charge is 0.384 e. The third-order valence-electron chi connectivity index (χ3n) is 3.19. The minimum absolute atomic E-state index is 0.0373. The Morgan fingerprint density at radius 1 is 1.22 bits per heavy atom. The van der Waals surface area contributed by atoms with E-state index in [1.54, 1.807) is 19.2 Å². The maximum Gasteiger partial charge on any atom is 0.286 e. The van der Waals surface area contributed by atoms with Crippen molar-refractivity contribution in [3.05, 3.63) is 69.3 Å². The van der Waals surface area contributed by atoms with Gasteiger partial charge in [0.1, 0.15) is 5.56 Å². The molecule has 0 aliphatic heterocycles. The molecule has 0 radical (unpaired) electrons. The Morgan fingerprint density at radius 2 is 1.96 bits per heavy atom. The molecule has 0 aliphatic carbocycles. The second-order valence-corrected chi connectivity index (χ2v) is 5.45. The Balaban J connectivity index is 2.23. The van der Waals surface area contributed by atoms with E-state index in [2.05, 4.69) is 11.8 Å². The van der Waals surface area contributed by atoms with E-state index in [0.717, 1.165) is 29.5 Å². The first kappa shape index (κ1) is 17.0. The monoisotopic (exact) mass is 328 g/mol. The van der Waals surface area contributed by atoms with Gasteiger partial charge in [-0.15, -0.1) is 0 Å². The summed E-state index contributed by atoms with van der Waals surface area (Å²) in [7, 11) is 1.67. The van der Waals surface area contributed by atoms with Crippen molar-refractivity contribution in [1.82, 2.24) is 0 Å². The van der Waals surface area contributed by atoms with Gasteiger partial charge in [-0.1, -0.05) is 24.0 Å². The molecule has 0 fully saturated rings. The van der Waals surface area contributed by atoms with Gasteiger partial charge in [-0.05, 0) is 48.2 Å². The van der Waals surface area contributed by atoms with E-state index in [0.29, 0.717) is 17.1 Å². The molecule has 2 N–H and O–H groups in total. The lowest BCUT2D eigenvalue weighted by molar-refractivity contribution is -0.385. The smallest absolute Gasteiger partial charge is 0.286 e. The number of hydrogen-bond acceptors (Lipinski definition) is 5. The number of rotatable bonds is 5. The number of nitro groups is 1. The second kappa shape index (κ2) is 8.34. The van der Waals surface area contributed by atoms with Crippen molar-refractivity contribution in [3.8, 4) is 11.8 Å². The molecule has 6 heteroatoms. The molecule has 5 nitrogen and oxygen atoms in total. The van der Waals surface area contributed by atoms with Crippen molar-refractivity contribution < 1.29 is 9.66 Å². The summed E-state index contributed by atoms with van der Waals surface area (Å²) in [5.74, 6) is 5.81. The zero-order valence-electron chi connectivity index (χ0n) is 12.6. The molecular formula is C17H16N2O3S. The van der Waals surface area contributed by atoms with Crippen LogP contribution in [0.1, 0.15) is 16.7 Å². The van der Waals surface area contributed by atoms with E-state index >= 15 is 0 Å². The fourth-order valence-corrected chi connectivity index (χ4v) is 2.28. The quantitative estimate of drug-likeness (QED) is 0.395. The van der Waals surface area contributed by atoms with Gasteiger partial charge in [0.15, 0.2) is 0 Å². The second-order valence-electron chi connectivity index (χ2n) is 4.74. The van der Waals surface area contributed by atoms with E-state index in [-0.39, 0.29) is 5.69 Å². The lowest BCUT2D eigenvalue weighted by atomic mass is 10.1. The maximum atomic E-state index is 11.1. The topological polar surface area (TPSA) is 78.4 Å². The molecule has 0 spiro atoms. The molecule has 0 saturated carbocycles. The Bertz CT molecular complexity index is 749. The SMILES string of the molecule is COCCc1ccc(C#Cc2ccc(SN)cc2[N+](=O)[O-])cc1. The highest BCUT2D eigenvalue weighted by Crippen LogP contribution is 2.23. The average molecular weight is 328 g/mol. The van der Waals surface area contributed by atoms with E-state index in [4.69, 9.17) is 9.88 Å². The zero-order valence-corrected chi connectivity index (χ0v) is 13.4. The van der Waals surface area contributed by atoms with Crippen molar-refractivity contribution in [2.45, 2.75) is 11.3 Å². The lowest BCUT2D eigenvalue weighted by Crippen LogP contribution is -1.94. The summed E-state index contributed by atoms with van der Waals surface area (Å²) in [5.41, 5.74) is 2.30. The molecule has 0 atom stereocenters. The summed E-state index contributed by atoms with van der Waals surface area (Å²) in [6, 6.07) is 12.5. The summed E-state index contributed by atoms with van der Waals surface area (Å²) < 4.78 is 5.03. The normalized spacial score (nSPS) is 10.0. The van der Waals surface area contributed by atoms with Gasteiger partial charge in [0, 0.05) is 23.6 Å². The van der Waals surface area contributed by atoms with Crippen molar-refractivity contribution in [3.63, 3.8) is 0 Å². The summed E-state index contributed by atoms with van der Waals surface area (Å²) in [4.78, 5) is 11.3. The first-order chi connectivity index (χ1) is 11.1. The molecule has 0 heterocycles. The number of benzene rings is 2. The van der Waals surface area contributed by atoms with Crippen LogP contribution in [0.25, 0.3) is 0 Å². The van der Waals surface area contributed by atoms with Crippen molar-refractivity contribution in [2.75, 3.05) is 13.7 Å². The van der Waals surface area contributed by atoms with Crippen molar-refractivity contribution in [1.29, 1.82) is 0 Å². The van der Waals surface area contributed by atoms with Crippen LogP contribution in [0, 0.1) is 22.0 Å². The van der Waals surface area contributed by atoms with Crippen LogP contribution in [0.4, 0.5) is 5.69 Å². The molecule has 0 aromatic heterocycles. The van der Waals surface area contributed by atoms with Gasteiger partial charge >= 0.3 is 0 Å². The number of nitro benzene ring substituents is 1. The van der Waals surface area contributed by atoms with Crippen LogP contribution >= 0.6 is 11.9 Å². The Morgan fingerprint density at radius 3 is 2.57 bits per heavy atom. The maximum absolute atomic E-state index is 11.1. The molecule has 118 valence electrons. The highest BCUT2D eigenvalue weighted by Gasteiger charge is 2.12. The van der Waals surface area contributed by atoms with Gasteiger partial charge in [0.25, 0.3) is 5.69 Å². The summed E-state index contributed by atoms with van der Waals surface area (Å²) in [6.07, 6.45) is 0.841. The number of hydrogen-bond donors (Lipinski definition) is 1. The van der Waals surface area contributed by atoms with Crippen molar-refractivity contribution >= 4 is 17.6 Å². The molecule has 0 aliphatic rings. The van der Waals surface area contributed by atoms with Crippen LogP contribution in [0.2, 0.25) is 0 Å². The summed E-state index contributed by atoms with van der Waals surface area (Å²) in [5, 5.41) is 16.6. The Labute approximate surface area is 139 Å². The Hall–Kier alpha value is -2.33. The Kier molecular flexibility index (Phi) is 6.18. The number of nitrogens with zero attached hydrogens (tertiary/aromatic N) is 1. The number of ether oxygens (including phenoxy) is 1. The van der Waals surface area contributed by atoms with Crippen molar-refractivity contribution in [2.24, 2.45) is 5.14 Å². The minimum atomic E-state index is -0.447. The zero-order chi connectivity index (χ0) is 16.7. The molecule has 2 aromatic rings. The fourth-order valence-electron chi connectivity index (χ4n) is 1.96. The van der Waals surface area contributed by atoms with Crippen LogP contribution in [-0.2, 0) is 11.2 Å².